The molecule has 2 aliphatic rings. The van der Waals surface area contributed by atoms with Gasteiger partial charge in [0.1, 0.15) is 0 Å². The number of likely N-dealkylation sites (N-methyl/N-ethyl adjacent to an activating group) is 1. The summed E-state index contributed by atoms with van der Waals surface area (Å²) >= 11 is 0. The van der Waals surface area contributed by atoms with E-state index in [2.05, 4.69) is 0 Å². The highest BCUT2D eigenvalue weighted by molar-refractivity contribution is 7.86. The summed E-state index contributed by atoms with van der Waals surface area (Å²) in [5, 5.41) is 0. The van der Waals surface area contributed by atoms with Gasteiger partial charge in [0, 0.05) is 46.7 Å². The first kappa shape index (κ1) is 16.4. The second-order valence-corrected chi connectivity index (χ2v) is 8.82. The van der Waals surface area contributed by atoms with Gasteiger partial charge in [-0.15, -0.1) is 0 Å². The average molecular weight is 337 g/mol. The van der Waals surface area contributed by atoms with Crippen molar-refractivity contribution in [1.29, 1.82) is 0 Å². The zero-order valence-corrected chi connectivity index (χ0v) is 14.6. The first-order chi connectivity index (χ1) is 10.8. The monoisotopic (exact) mass is 337 g/mol. The number of carbonyl (C=O) groups is 1. The van der Waals surface area contributed by atoms with Gasteiger partial charge in [-0.1, -0.05) is 30.3 Å². The predicted molar refractivity (Wildman–Crippen MR) is 88.0 cm³/mol. The van der Waals surface area contributed by atoms with Crippen LogP contribution in [0.15, 0.2) is 30.3 Å². The van der Waals surface area contributed by atoms with Crippen molar-refractivity contribution >= 4 is 16.1 Å². The van der Waals surface area contributed by atoms with Crippen LogP contribution in [0.4, 0.5) is 0 Å². The van der Waals surface area contributed by atoms with Crippen molar-refractivity contribution in [2.75, 3.05) is 40.8 Å². The normalized spacial score (nSPS) is 29.1. The minimum atomic E-state index is -3.49. The molecule has 23 heavy (non-hydrogen) atoms. The molecule has 1 aromatic carbocycles. The van der Waals surface area contributed by atoms with E-state index >= 15 is 0 Å². The number of nitrogens with zero attached hydrogens (tertiary/aromatic N) is 3. The maximum atomic E-state index is 12.8. The molecule has 0 bridgehead atoms. The highest BCUT2D eigenvalue weighted by Gasteiger charge is 2.58. The highest BCUT2D eigenvalue weighted by Crippen LogP contribution is 2.50. The minimum absolute atomic E-state index is 0.0311. The molecule has 6 nitrogen and oxygen atoms in total. The molecule has 0 aliphatic carbocycles. The lowest BCUT2D eigenvalue weighted by atomic mass is 9.73. The van der Waals surface area contributed by atoms with E-state index in [1.54, 1.807) is 11.9 Å². The van der Waals surface area contributed by atoms with Gasteiger partial charge in [0.2, 0.25) is 5.91 Å². The van der Waals surface area contributed by atoms with Crippen LogP contribution < -0.4 is 0 Å². The number of likely N-dealkylation sites (tertiary alicyclic amines) is 1. The molecule has 0 saturated carbocycles. The fraction of sp³-hybridized carbons (Fsp3) is 0.562. The van der Waals surface area contributed by atoms with E-state index in [-0.39, 0.29) is 18.4 Å². The summed E-state index contributed by atoms with van der Waals surface area (Å²) in [6.45, 7) is 1.29. The smallest absolute Gasteiger partial charge is 0.281 e. The largest absolute Gasteiger partial charge is 0.345 e. The molecule has 0 radical (unpaired) electrons. The van der Waals surface area contributed by atoms with Gasteiger partial charge >= 0.3 is 0 Å². The van der Waals surface area contributed by atoms with Crippen molar-refractivity contribution in [1.82, 2.24) is 13.5 Å². The zero-order valence-electron chi connectivity index (χ0n) is 13.8. The lowest BCUT2D eigenvalue weighted by Crippen LogP contribution is -2.43. The SMILES string of the molecule is CN1CC(c2ccccc2)C2(CCN(S(=O)(=O)N(C)C)C2)C1=O. The molecule has 1 spiro atoms. The molecular formula is C16H23N3O3S. The Hall–Kier alpha value is -1.44. The fourth-order valence-corrected chi connectivity index (χ4v) is 5.03. The summed E-state index contributed by atoms with van der Waals surface area (Å²) in [5.41, 5.74) is 0.466. The summed E-state index contributed by atoms with van der Waals surface area (Å²) in [4.78, 5) is 14.6. The molecule has 2 aliphatic heterocycles. The van der Waals surface area contributed by atoms with E-state index in [1.165, 1.54) is 22.7 Å². The van der Waals surface area contributed by atoms with Gasteiger partial charge in [0.05, 0.1) is 5.41 Å². The zero-order chi connectivity index (χ0) is 16.8. The summed E-state index contributed by atoms with van der Waals surface area (Å²) in [6, 6.07) is 9.95. The summed E-state index contributed by atoms with van der Waals surface area (Å²) in [5.74, 6) is 0.0892. The third-order valence-electron chi connectivity index (χ3n) is 5.15. The Kier molecular flexibility index (Phi) is 3.98. The Labute approximate surface area is 137 Å². The molecular weight excluding hydrogens is 314 g/mol. The van der Waals surface area contributed by atoms with Gasteiger partial charge in [0.25, 0.3) is 10.2 Å². The van der Waals surface area contributed by atoms with Crippen LogP contribution in [-0.2, 0) is 15.0 Å². The average Bonchev–Trinajstić information content (AvgIpc) is 3.07. The molecule has 3 rings (SSSR count). The molecule has 0 aromatic heterocycles. The minimum Gasteiger partial charge on any atom is -0.345 e. The number of hydrogen-bond donors (Lipinski definition) is 0. The standard InChI is InChI=1S/C16H23N3O3S/c1-17(2)23(21,22)19-10-9-16(12-19)14(11-18(3)15(16)20)13-7-5-4-6-8-13/h4-8,14H,9-12H2,1-3H3. The van der Waals surface area contributed by atoms with Crippen LogP contribution in [0, 0.1) is 5.41 Å². The highest BCUT2D eigenvalue weighted by atomic mass is 32.2. The number of benzene rings is 1. The lowest BCUT2D eigenvalue weighted by molar-refractivity contribution is -0.134. The van der Waals surface area contributed by atoms with Gasteiger partial charge in [-0.05, 0) is 12.0 Å². The first-order valence-corrected chi connectivity index (χ1v) is 9.17. The number of hydrogen-bond acceptors (Lipinski definition) is 3. The maximum Gasteiger partial charge on any atom is 0.281 e. The Bertz CT molecular complexity index is 705. The van der Waals surface area contributed by atoms with Crippen molar-refractivity contribution in [2.24, 2.45) is 5.41 Å². The first-order valence-electron chi connectivity index (χ1n) is 7.77. The molecule has 2 fully saturated rings. The van der Waals surface area contributed by atoms with Crippen molar-refractivity contribution in [3.05, 3.63) is 35.9 Å². The predicted octanol–water partition coefficient (Wildman–Crippen LogP) is 0.741. The molecule has 126 valence electrons. The quantitative estimate of drug-likeness (QED) is 0.817. The van der Waals surface area contributed by atoms with E-state index in [0.717, 1.165) is 5.56 Å². The second-order valence-electron chi connectivity index (χ2n) is 6.68. The molecule has 2 unspecified atom stereocenters. The molecule has 1 amide bonds. The third-order valence-corrected chi connectivity index (χ3v) is 7.04. The topological polar surface area (TPSA) is 60.9 Å². The number of carbonyl (C=O) groups excluding carboxylic acids is 1. The van der Waals surface area contributed by atoms with Crippen LogP contribution >= 0.6 is 0 Å². The Balaban J connectivity index is 1.97. The van der Waals surface area contributed by atoms with Crippen LogP contribution in [0.25, 0.3) is 0 Å². The molecule has 2 saturated heterocycles. The number of rotatable bonds is 3. The maximum absolute atomic E-state index is 12.8. The van der Waals surface area contributed by atoms with Crippen molar-refractivity contribution < 1.29 is 13.2 Å². The van der Waals surface area contributed by atoms with Crippen molar-refractivity contribution in [3.8, 4) is 0 Å². The summed E-state index contributed by atoms with van der Waals surface area (Å²) in [7, 11) is 1.36. The van der Waals surface area contributed by atoms with Crippen LogP contribution in [0.5, 0.6) is 0 Å². The van der Waals surface area contributed by atoms with Crippen molar-refractivity contribution in [3.63, 3.8) is 0 Å². The lowest BCUT2D eigenvalue weighted by Gasteiger charge is -2.29. The van der Waals surface area contributed by atoms with E-state index in [4.69, 9.17) is 0 Å². The molecule has 2 atom stereocenters. The van der Waals surface area contributed by atoms with Gasteiger partial charge < -0.3 is 4.90 Å². The number of amides is 1. The van der Waals surface area contributed by atoms with E-state index in [0.29, 0.717) is 19.5 Å². The van der Waals surface area contributed by atoms with Crippen LogP contribution in [0.3, 0.4) is 0 Å². The van der Waals surface area contributed by atoms with Gasteiger partial charge in [0.15, 0.2) is 0 Å². The van der Waals surface area contributed by atoms with Crippen molar-refractivity contribution in [2.45, 2.75) is 12.3 Å². The fourth-order valence-electron chi connectivity index (χ4n) is 3.85. The summed E-state index contributed by atoms with van der Waals surface area (Å²) in [6.07, 6.45) is 0.572. The Morgan fingerprint density at radius 3 is 2.48 bits per heavy atom. The molecule has 7 heteroatoms. The van der Waals surface area contributed by atoms with Crippen LogP contribution in [-0.4, -0.2) is 68.6 Å². The van der Waals surface area contributed by atoms with Gasteiger partial charge in [-0.3, -0.25) is 4.79 Å². The van der Waals surface area contributed by atoms with Crippen LogP contribution in [0.2, 0.25) is 0 Å². The summed E-state index contributed by atoms with van der Waals surface area (Å²) < 4.78 is 27.5. The van der Waals surface area contributed by atoms with E-state index < -0.39 is 15.6 Å². The Morgan fingerprint density at radius 1 is 1.22 bits per heavy atom. The second kappa shape index (κ2) is 5.58. The van der Waals surface area contributed by atoms with Crippen LogP contribution in [0.1, 0.15) is 17.9 Å². The molecule has 0 N–H and O–H groups in total. The van der Waals surface area contributed by atoms with E-state index in [9.17, 15) is 13.2 Å². The molecule has 2 heterocycles. The third kappa shape index (κ3) is 2.47. The van der Waals surface area contributed by atoms with Gasteiger partial charge in [-0.25, -0.2) is 0 Å². The molecule has 1 aromatic rings. The Morgan fingerprint density at radius 2 is 1.87 bits per heavy atom. The van der Waals surface area contributed by atoms with E-state index in [1.807, 2.05) is 30.3 Å². The van der Waals surface area contributed by atoms with Gasteiger partial charge in [-0.2, -0.15) is 17.0 Å².